The van der Waals surface area contributed by atoms with Crippen LogP contribution >= 0.6 is 11.8 Å². The molecule has 1 atom stereocenters. The van der Waals surface area contributed by atoms with E-state index in [-0.39, 0.29) is 0 Å². The third kappa shape index (κ3) is 5.12. The summed E-state index contributed by atoms with van der Waals surface area (Å²) in [6, 6.07) is 0. The Kier molecular flexibility index (Phi) is 6.24. The summed E-state index contributed by atoms with van der Waals surface area (Å²) < 4.78 is 0. The molecule has 0 fully saturated rings. The second-order valence-electron chi connectivity index (χ2n) is 2.96. The number of rotatable bonds is 5. The van der Waals surface area contributed by atoms with Gasteiger partial charge in [-0.2, -0.15) is 11.8 Å². The highest BCUT2D eigenvalue weighted by atomic mass is 32.2. The van der Waals surface area contributed by atoms with Crippen molar-refractivity contribution < 1.29 is 0 Å². The molecule has 0 aliphatic rings. The predicted octanol–water partition coefficient (Wildman–Crippen LogP) is 2.11. The molecule has 0 aromatic rings. The molecule has 62 valence electrons. The second kappa shape index (κ2) is 6.05. The molecule has 0 rings (SSSR count). The van der Waals surface area contributed by atoms with Crippen molar-refractivity contribution >= 4 is 11.8 Å². The maximum absolute atomic E-state index is 5.38. The van der Waals surface area contributed by atoms with E-state index in [0.717, 1.165) is 24.1 Å². The van der Waals surface area contributed by atoms with E-state index in [1.165, 1.54) is 5.75 Å². The Hall–Kier alpha value is 0.310. The maximum Gasteiger partial charge on any atom is 0.00417 e. The van der Waals surface area contributed by atoms with Gasteiger partial charge < -0.3 is 5.73 Å². The highest BCUT2D eigenvalue weighted by Gasteiger charge is 2.05. The van der Waals surface area contributed by atoms with Crippen LogP contribution in [0.25, 0.3) is 0 Å². The van der Waals surface area contributed by atoms with Crippen molar-refractivity contribution in [3.05, 3.63) is 0 Å². The highest BCUT2D eigenvalue weighted by Crippen LogP contribution is 2.18. The van der Waals surface area contributed by atoms with Gasteiger partial charge in [0.25, 0.3) is 0 Å². The number of hydrogen-bond acceptors (Lipinski definition) is 2. The molecule has 0 radical (unpaired) electrons. The lowest BCUT2D eigenvalue weighted by molar-refractivity contribution is 0.641. The van der Waals surface area contributed by atoms with E-state index < -0.39 is 0 Å². The van der Waals surface area contributed by atoms with E-state index in [9.17, 15) is 0 Å². The van der Waals surface area contributed by atoms with Gasteiger partial charge >= 0.3 is 0 Å². The standard InChI is InChI=1S/C8H19NS/c1-7(2)8(3)10-6-4-5-9/h7-8H,4-6,9H2,1-3H3. The zero-order chi connectivity index (χ0) is 7.98. The lowest BCUT2D eigenvalue weighted by Crippen LogP contribution is -2.08. The van der Waals surface area contributed by atoms with Crippen LogP contribution in [0.15, 0.2) is 0 Å². The molecule has 0 saturated heterocycles. The van der Waals surface area contributed by atoms with Gasteiger partial charge in [-0.3, -0.25) is 0 Å². The topological polar surface area (TPSA) is 26.0 Å². The summed E-state index contributed by atoms with van der Waals surface area (Å²) in [6.07, 6.45) is 1.15. The Labute approximate surface area is 68.8 Å². The van der Waals surface area contributed by atoms with Crippen LogP contribution in [0.2, 0.25) is 0 Å². The van der Waals surface area contributed by atoms with Gasteiger partial charge in [0.15, 0.2) is 0 Å². The molecule has 1 nitrogen and oxygen atoms in total. The number of hydrogen-bond donors (Lipinski definition) is 1. The third-order valence-electron chi connectivity index (χ3n) is 1.67. The molecule has 0 aliphatic heterocycles. The Morgan fingerprint density at radius 2 is 1.90 bits per heavy atom. The molecule has 0 spiro atoms. The van der Waals surface area contributed by atoms with E-state index in [1.54, 1.807) is 0 Å². The molecule has 0 bridgehead atoms. The van der Waals surface area contributed by atoms with Crippen LogP contribution < -0.4 is 5.73 Å². The summed E-state index contributed by atoms with van der Waals surface area (Å²) in [6.45, 7) is 7.64. The van der Waals surface area contributed by atoms with Crippen LogP contribution in [0.4, 0.5) is 0 Å². The van der Waals surface area contributed by atoms with Crippen molar-refractivity contribution in [2.45, 2.75) is 32.4 Å². The molecule has 10 heavy (non-hydrogen) atoms. The zero-order valence-corrected chi connectivity index (χ0v) is 8.08. The van der Waals surface area contributed by atoms with Crippen molar-refractivity contribution in [3.8, 4) is 0 Å². The molecule has 0 saturated carbocycles. The van der Waals surface area contributed by atoms with Gasteiger partial charge in [-0.15, -0.1) is 0 Å². The normalized spacial score (nSPS) is 14.1. The Balaban J connectivity index is 3.13. The highest BCUT2D eigenvalue weighted by molar-refractivity contribution is 7.99. The summed E-state index contributed by atoms with van der Waals surface area (Å²) in [7, 11) is 0. The van der Waals surface area contributed by atoms with Gasteiger partial charge in [-0.05, 0) is 24.6 Å². The number of thioether (sulfide) groups is 1. The van der Waals surface area contributed by atoms with Gasteiger partial charge in [0.05, 0.1) is 0 Å². The van der Waals surface area contributed by atoms with Crippen molar-refractivity contribution in [1.29, 1.82) is 0 Å². The minimum Gasteiger partial charge on any atom is -0.330 e. The van der Waals surface area contributed by atoms with Gasteiger partial charge in [-0.1, -0.05) is 20.8 Å². The molecular weight excluding hydrogens is 142 g/mol. The van der Waals surface area contributed by atoms with E-state index in [1.807, 2.05) is 11.8 Å². The van der Waals surface area contributed by atoms with Crippen LogP contribution in [0.5, 0.6) is 0 Å². The average molecular weight is 161 g/mol. The summed E-state index contributed by atoms with van der Waals surface area (Å²) in [5.74, 6) is 2.01. The fraction of sp³-hybridized carbons (Fsp3) is 1.00. The fourth-order valence-electron chi connectivity index (χ4n) is 0.545. The first-order valence-corrected chi connectivity index (χ1v) is 5.05. The van der Waals surface area contributed by atoms with Gasteiger partial charge in [-0.25, -0.2) is 0 Å². The second-order valence-corrected chi connectivity index (χ2v) is 4.45. The first-order chi connectivity index (χ1) is 4.68. The monoisotopic (exact) mass is 161 g/mol. The smallest absolute Gasteiger partial charge is 0.00417 e. The Morgan fingerprint density at radius 3 is 2.30 bits per heavy atom. The minimum atomic E-state index is 0.784. The molecule has 0 aromatic carbocycles. The van der Waals surface area contributed by atoms with Gasteiger partial charge in [0.1, 0.15) is 0 Å². The zero-order valence-electron chi connectivity index (χ0n) is 7.26. The van der Waals surface area contributed by atoms with Crippen molar-refractivity contribution in [2.24, 2.45) is 11.7 Å². The van der Waals surface area contributed by atoms with Crippen molar-refractivity contribution in [3.63, 3.8) is 0 Å². The van der Waals surface area contributed by atoms with Crippen LogP contribution in [0.1, 0.15) is 27.2 Å². The van der Waals surface area contributed by atoms with Gasteiger partial charge in [0.2, 0.25) is 0 Å². The van der Waals surface area contributed by atoms with Crippen LogP contribution in [-0.4, -0.2) is 17.5 Å². The summed E-state index contributed by atoms with van der Waals surface area (Å²) in [5, 5.41) is 0.784. The first-order valence-electron chi connectivity index (χ1n) is 4.00. The van der Waals surface area contributed by atoms with Crippen LogP contribution in [0.3, 0.4) is 0 Å². The molecule has 2 N–H and O–H groups in total. The maximum atomic E-state index is 5.38. The summed E-state index contributed by atoms with van der Waals surface area (Å²) in [4.78, 5) is 0. The molecule has 0 amide bonds. The summed E-state index contributed by atoms with van der Waals surface area (Å²) in [5.41, 5.74) is 5.38. The van der Waals surface area contributed by atoms with E-state index in [0.29, 0.717) is 0 Å². The lowest BCUT2D eigenvalue weighted by atomic mass is 10.2. The van der Waals surface area contributed by atoms with Crippen LogP contribution in [0, 0.1) is 5.92 Å². The average Bonchev–Trinajstić information content (AvgIpc) is 1.88. The van der Waals surface area contributed by atoms with E-state index in [4.69, 9.17) is 5.73 Å². The molecular formula is C8H19NS. The van der Waals surface area contributed by atoms with Gasteiger partial charge in [0, 0.05) is 5.25 Å². The molecule has 0 aromatic heterocycles. The predicted molar refractivity (Wildman–Crippen MR) is 50.4 cm³/mol. The molecule has 1 unspecified atom stereocenters. The Morgan fingerprint density at radius 1 is 1.30 bits per heavy atom. The third-order valence-corrected chi connectivity index (χ3v) is 3.26. The molecule has 2 heteroatoms. The quantitative estimate of drug-likeness (QED) is 0.625. The largest absolute Gasteiger partial charge is 0.330 e. The van der Waals surface area contributed by atoms with Crippen molar-refractivity contribution in [2.75, 3.05) is 12.3 Å². The fourth-order valence-corrected chi connectivity index (χ4v) is 1.64. The molecule has 0 heterocycles. The SMILES string of the molecule is CC(C)C(C)SCCCN. The lowest BCUT2D eigenvalue weighted by Gasteiger charge is -2.13. The van der Waals surface area contributed by atoms with Crippen LogP contribution in [-0.2, 0) is 0 Å². The number of nitrogens with two attached hydrogens (primary N) is 1. The first kappa shape index (κ1) is 10.3. The minimum absolute atomic E-state index is 0.784. The Bertz CT molecular complexity index is 73.7. The summed E-state index contributed by atoms with van der Waals surface area (Å²) >= 11 is 2.03. The van der Waals surface area contributed by atoms with Crippen molar-refractivity contribution in [1.82, 2.24) is 0 Å². The van der Waals surface area contributed by atoms with E-state index >= 15 is 0 Å². The van der Waals surface area contributed by atoms with E-state index in [2.05, 4.69) is 20.8 Å². The molecule has 0 aliphatic carbocycles.